The number of amides is 1. The second-order valence-electron chi connectivity index (χ2n) is 7.06. The van der Waals surface area contributed by atoms with E-state index in [0.29, 0.717) is 18.7 Å². The molecule has 1 aromatic carbocycles. The topological polar surface area (TPSA) is 42.4 Å². The van der Waals surface area contributed by atoms with Crippen molar-refractivity contribution in [2.75, 3.05) is 0 Å². The largest absolute Gasteiger partial charge is 0.487 e. The Kier molecular flexibility index (Phi) is 4.75. The van der Waals surface area contributed by atoms with E-state index in [-0.39, 0.29) is 5.91 Å². The molecule has 25 heavy (non-hydrogen) atoms. The van der Waals surface area contributed by atoms with Crippen molar-refractivity contribution in [2.24, 2.45) is 0 Å². The third-order valence-corrected chi connectivity index (χ3v) is 5.85. The third-order valence-electron chi connectivity index (χ3n) is 5.03. The molecule has 4 rings (SSSR count). The van der Waals surface area contributed by atoms with Gasteiger partial charge in [0.2, 0.25) is 0 Å². The Balaban J connectivity index is 1.46. The second kappa shape index (κ2) is 7.16. The molecule has 0 radical (unpaired) electrons. The summed E-state index contributed by atoms with van der Waals surface area (Å²) in [6, 6.07) is 8.50. The molecular weight excluding hydrogens is 332 g/mol. The van der Waals surface area contributed by atoms with E-state index < -0.39 is 0 Å². The van der Waals surface area contributed by atoms with Gasteiger partial charge in [0.25, 0.3) is 5.91 Å². The lowest BCUT2D eigenvalue weighted by Gasteiger charge is -2.29. The van der Waals surface area contributed by atoms with Gasteiger partial charge < -0.3 is 9.64 Å². The molecule has 2 aliphatic rings. The van der Waals surface area contributed by atoms with Gasteiger partial charge in [-0.1, -0.05) is 18.9 Å². The molecule has 1 aromatic heterocycles. The summed E-state index contributed by atoms with van der Waals surface area (Å²) in [6.07, 6.45) is 7.11. The highest BCUT2D eigenvalue weighted by molar-refractivity contribution is 7.09. The van der Waals surface area contributed by atoms with Crippen LogP contribution in [0.4, 0.5) is 0 Å². The first-order valence-electron chi connectivity index (χ1n) is 9.17. The van der Waals surface area contributed by atoms with Crippen LogP contribution in [0, 0.1) is 6.92 Å². The van der Waals surface area contributed by atoms with Gasteiger partial charge in [0.1, 0.15) is 12.4 Å². The van der Waals surface area contributed by atoms with E-state index in [1.54, 1.807) is 11.3 Å². The molecule has 2 aliphatic carbocycles. The van der Waals surface area contributed by atoms with Crippen molar-refractivity contribution in [3.05, 3.63) is 45.9 Å². The molecule has 132 valence electrons. The van der Waals surface area contributed by atoms with Gasteiger partial charge in [-0.05, 0) is 50.8 Å². The van der Waals surface area contributed by atoms with Crippen molar-refractivity contribution >= 4 is 17.2 Å². The van der Waals surface area contributed by atoms with Crippen LogP contribution in [0.5, 0.6) is 5.75 Å². The van der Waals surface area contributed by atoms with Crippen molar-refractivity contribution < 1.29 is 9.53 Å². The number of thiazole rings is 1. The third kappa shape index (κ3) is 3.87. The zero-order valence-corrected chi connectivity index (χ0v) is 15.4. The van der Waals surface area contributed by atoms with Gasteiger partial charge in [-0.15, -0.1) is 11.3 Å². The minimum Gasteiger partial charge on any atom is -0.487 e. The van der Waals surface area contributed by atoms with Crippen LogP contribution in [-0.4, -0.2) is 27.9 Å². The molecule has 5 heteroatoms. The van der Waals surface area contributed by atoms with E-state index in [9.17, 15) is 4.79 Å². The number of hydrogen-bond donors (Lipinski definition) is 0. The van der Waals surface area contributed by atoms with Crippen LogP contribution in [0.2, 0.25) is 0 Å². The van der Waals surface area contributed by atoms with E-state index in [4.69, 9.17) is 4.74 Å². The lowest BCUT2D eigenvalue weighted by atomic mass is 10.1. The monoisotopic (exact) mass is 356 g/mol. The summed E-state index contributed by atoms with van der Waals surface area (Å²) in [7, 11) is 0. The van der Waals surface area contributed by atoms with Crippen LogP contribution in [0.25, 0.3) is 0 Å². The first-order valence-corrected chi connectivity index (χ1v) is 10.1. The van der Waals surface area contributed by atoms with Crippen molar-refractivity contribution in [2.45, 2.75) is 64.1 Å². The molecule has 2 saturated carbocycles. The fourth-order valence-corrected chi connectivity index (χ4v) is 4.26. The smallest absolute Gasteiger partial charge is 0.254 e. The van der Waals surface area contributed by atoms with Gasteiger partial charge in [-0.3, -0.25) is 4.79 Å². The Labute approximate surface area is 152 Å². The van der Waals surface area contributed by atoms with Gasteiger partial charge in [-0.25, -0.2) is 4.98 Å². The van der Waals surface area contributed by atoms with Crippen molar-refractivity contribution in [3.63, 3.8) is 0 Å². The zero-order valence-electron chi connectivity index (χ0n) is 14.6. The van der Waals surface area contributed by atoms with Crippen molar-refractivity contribution in [3.8, 4) is 5.75 Å². The van der Waals surface area contributed by atoms with Crippen molar-refractivity contribution in [1.82, 2.24) is 9.88 Å². The highest BCUT2D eigenvalue weighted by Crippen LogP contribution is 2.35. The molecule has 0 atom stereocenters. The SMILES string of the molecule is Cc1nc(COc2cccc(C(=O)N(C3CCCC3)C3CC3)c2)cs1. The Morgan fingerprint density at radius 2 is 2.00 bits per heavy atom. The zero-order chi connectivity index (χ0) is 17.2. The van der Waals surface area contributed by atoms with Gasteiger partial charge >= 0.3 is 0 Å². The number of benzene rings is 1. The number of carbonyl (C=O) groups excluding carboxylic acids is 1. The van der Waals surface area contributed by atoms with Crippen LogP contribution in [0.15, 0.2) is 29.6 Å². The van der Waals surface area contributed by atoms with E-state index in [1.165, 1.54) is 12.8 Å². The molecule has 2 fully saturated rings. The number of ether oxygens (including phenoxy) is 1. The first-order chi connectivity index (χ1) is 12.2. The van der Waals surface area contributed by atoms with E-state index >= 15 is 0 Å². The van der Waals surface area contributed by atoms with Gasteiger partial charge in [-0.2, -0.15) is 0 Å². The lowest BCUT2D eigenvalue weighted by Crippen LogP contribution is -2.40. The Morgan fingerprint density at radius 3 is 2.68 bits per heavy atom. The average Bonchev–Trinajstić information content (AvgIpc) is 3.13. The predicted molar refractivity (Wildman–Crippen MR) is 99.1 cm³/mol. The summed E-state index contributed by atoms with van der Waals surface area (Å²) >= 11 is 1.62. The summed E-state index contributed by atoms with van der Waals surface area (Å²) in [5, 5.41) is 3.05. The predicted octanol–water partition coefficient (Wildman–Crippen LogP) is 4.58. The summed E-state index contributed by atoms with van der Waals surface area (Å²) in [5.41, 5.74) is 1.68. The quantitative estimate of drug-likeness (QED) is 0.761. The molecule has 0 N–H and O–H groups in total. The molecule has 2 aromatic rings. The normalized spacial score (nSPS) is 17.6. The van der Waals surface area contributed by atoms with E-state index in [2.05, 4.69) is 9.88 Å². The van der Waals surface area contributed by atoms with Crippen LogP contribution >= 0.6 is 11.3 Å². The summed E-state index contributed by atoms with van der Waals surface area (Å²) in [6.45, 7) is 2.43. The standard InChI is InChI=1S/C20H24N2O2S/c1-14-21-16(13-25-14)12-24-19-8-4-5-15(11-19)20(23)22(18-9-10-18)17-6-2-3-7-17/h4-5,8,11,13,17-18H,2-3,6-7,9-10,12H2,1H3. The number of nitrogens with zero attached hydrogens (tertiary/aromatic N) is 2. The second-order valence-corrected chi connectivity index (χ2v) is 8.12. The average molecular weight is 356 g/mol. The van der Waals surface area contributed by atoms with Crippen molar-refractivity contribution in [1.29, 1.82) is 0 Å². The molecule has 4 nitrogen and oxygen atoms in total. The maximum Gasteiger partial charge on any atom is 0.254 e. The number of aryl methyl sites for hydroxylation is 1. The highest BCUT2D eigenvalue weighted by atomic mass is 32.1. The fourth-order valence-electron chi connectivity index (χ4n) is 3.66. The molecule has 0 bridgehead atoms. The molecular formula is C20H24N2O2S. The van der Waals surface area contributed by atoms with Gasteiger partial charge in [0, 0.05) is 23.0 Å². The van der Waals surface area contributed by atoms with Crippen LogP contribution in [0.3, 0.4) is 0 Å². The lowest BCUT2D eigenvalue weighted by molar-refractivity contribution is 0.0664. The molecule has 0 spiro atoms. The highest BCUT2D eigenvalue weighted by Gasteiger charge is 2.38. The molecule has 0 unspecified atom stereocenters. The Hall–Kier alpha value is -1.88. The summed E-state index contributed by atoms with van der Waals surface area (Å²) in [5.74, 6) is 0.906. The minimum absolute atomic E-state index is 0.171. The maximum absolute atomic E-state index is 13.1. The molecule has 1 heterocycles. The first kappa shape index (κ1) is 16.6. The fraction of sp³-hybridized carbons (Fsp3) is 0.500. The van der Waals surface area contributed by atoms with Crippen LogP contribution in [-0.2, 0) is 6.61 Å². The number of aromatic nitrogens is 1. The van der Waals surface area contributed by atoms with E-state index in [0.717, 1.165) is 47.7 Å². The number of carbonyl (C=O) groups is 1. The Bertz CT molecular complexity index is 748. The van der Waals surface area contributed by atoms with E-state index in [1.807, 2.05) is 36.6 Å². The summed E-state index contributed by atoms with van der Waals surface area (Å²) in [4.78, 5) is 19.7. The number of rotatable bonds is 6. The summed E-state index contributed by atoms with van der Waals surface area (Å²) < 4.78 is 5.85. The van der Waals surface area contributed by atoms with Gasteiger partial charge in [0.15, 0.2) is 0 Å². The molecule has 0 saturated heterocycles. The van der Waals surface area contributed by atoms with Gasteiger partial charge in [0.05, 0.1) is 10.7 Å². The number of hydrogen-bond acceptors (Lipinski definition) is 4. The molecule has 0 aliphatic heterocycles. The maximum atomic E-state index is 13.1. The Morgan fingerprint density at radius 1 is 1.24 bits per heavy atom. The molecule has 1 amide bonds. The van der Waals surface area contributed by atoms with Crippen LogP contribution < -0.4 is 4.74 Å². The minimum atomic E-state index is 0.171. The van der Waals surface area contributed by atoms with Crippen LogP contribution in [0.1, 0.15) is 59.6 Å².